The fraction of sp³-hybridized carbons (Fsp3) is 0.684. The SMILES string of the molecule is CC(C)(C)N[C@@H]1CCC[C@@H](N2CCc3ccccc3C2)C1. The van der Waals surface area contributed by atoms with Gasteiger partial charge in [0.25, 0.3) is 0 Å². The molecule has 1 aliphatic carbocycles. The molecular formula is C19H30N2. The van der Waals surface area contributed by atoms with Gasteiger partial charge in [-0.1, -0.05) is 30.7 Å². The van der Waals surface area contributed by atoms with E-state index in [0.717, 1.165) is 12.6 Å². The van der Waals surface area contributed by atoms with Gasteiger partial charge in [0.15, 0.2) is 0 Å². The first-order valence-corrected chi connectivity index (χ1v) is 8.60. The van der Waals surface area contributed by atoms with Crippen molar-refractivity contribution in [2.75, 3.05) is 6.54 Å². The Balaban J connectivity index is 1.62. The Morgan fingerprint density at radius 3 is 2.62 bits per heavy atom. The molecule has 0 bridgehead atoms. The lowest BCUT2D eigenvalue weighted by atomic mass is 9.87. The van der Waals surface area contributed by atoms with Crippen molar-refractivity contribution in [3.63, 3.8) is 0 Å². The highest BCUT2D eigenvalue weighted by molar-refractivity contribution is 5.29. The second-order valence-corrected chi connectivity index (χ2v) is 7.90. The molecule has 0 unspecified atom stereocenters. The highest BCUT2D eigenvalue weighted by Gasteiger charge is 2.30. The zero-order valence-electron chi connectivity index (χ0n) is 13.9. The number of rotatable bonds is 2. The zero-order valence-corrected chi connectivity index (χ0v) is 13.9. The highest BCUT2D eigenvalue weighted by atomic mass is 15.2. The fourth-order valence-corrected chi connectivity index (χ4v) is 4.07. The molecule has 21 heavy (non-hydrogen) atoms. The van der Waals surface area contributed by atoms with Gasteiger partial charge in [-0.15, -0.1) is 0 Å². The third-order valence-corrected chi connectivity index (χ3v) is 4.96. The van der Waals surface area contributed by atoms with E-state index in [9.17, 15) is 0 Å². The Bertz CT molecular complexity index is 475. The van der Waals surface area contributed by atoms with Crippen molar-refractivity contribution in [3.8, 4) is 0 Å². The van der Waals surface area contributed by atoms with Crippen LogP contribution in [0.5, 0.6) is 0 Å². The molecule has 2 nitrogen and oxygen atoms in total. The van der Waals surface area contributed by atoms with Gasteiger partial charge in [-0.3, -0.25) is 4.90 Å². The number of hydrogen-bond acceptors (Lipinski definition) is 2. The summed E-state index contributed by atoms with van der Waals surface area (Å²) in [6.07, 6.45) is 6.64. The number of benzene rings is 1. The van der Waals surface area contributed by atoms with Gasteiger partial charge in [-0.05, 0) is 57.6 Å². The van der Waals surface area contributed by atoms with Gasteiger partial charge in [0.05, 0.1) is 0 Å². The molecule has 2 heteroatoms. The van der Waals surface area contributed by atoms with Crippen molar-refractivity contribution in [1.82, 2.24) is 10.2 Å². The van der Waals surface area contributed by atoms with E-state index in [1.807, 2.05) is 0 Å². The second kappa shape index (κ2) is 6.10. The first kappa shape index (κ1) is 15.1. The van der Waals surface area contributed by atoms with Crippen LogP contribution in [-0.4, -0.2) is 29.1 Å². The molecule has 1 aliphatic heterocycles. The second-order valence-electron chi connectivity index (χ2n) is 7.90. The van der Waals surface area contributed by atoms with Crippen LogP contribution >= 0.6 is 0 Å². The van der Waals surface area contributed by atoms with Crippen LogP contribution in [0.15, 0.2) is 24.3 Å². The fourth-order valence-electron chi connectivity index (χ4n) is 4.07. The molecule has 1 aromatic carbocycles. The van der Waals surface area contributed by atoms with Gasteiger partial charge in [0.1, 0.15) is 0 Å². The molecule has 2 atom stereocenters. The van der Waals surface area contributed by atoms with Crippen LogP contribution in [0.25, 0.3) is 0 Å². The first-order chi connectivity index (χ1) is 10.0. The van der Waals surface area contributed by atoms with Crippen LogP contribution in [-0.2, 0) is 13.0 Å². The lowest BCUT2D eigenvalue weighted by Gasteiger charge is -2.41. The van der Waals surface area contributed by atoms with Gasteiger partial charge in [0, 0.05) is 30.7 Å². The summed E-state index contributed by atoms with van der Waals surface area (Å²) in [6, 6.07) is 10.5. The van der Waals surface area contributed by atoms with E-state index in [1.165, 1.54) is 38.6 Å². The maximum atomic E-state index is 3.82. The molecule has 1 heterocycles. The van der Waals surface area contributed by atoms with Gasteiger partial charge < -0.3 is 5.32 Å². The van der Waals surface area contributed by atoms with E-state index in [4.69, 9.17) is 0 Å². The van der Waals surface area contributed by atoms with Crippen molar-refractivity contribution in [3.05, 3.63) is 35.4 Å². The molecular weight excluding hydrogens is 256 g/mol. The predicted octanol–water partition coefficient (Wildman–Crippen LogP) is 3.74. The molecule has 0 amide bonds. The molecule has 0 aromatic heterocycles. The van der Waals surface area contributed by atoms with E-state index in [2.05, 4.69) is 55.3 Å². The molecule has 1 aromatic rings. The summed E-state index contributed by atoms with van der Waals surface area (Å²) in [7, 11) is 0. The van der Waals surface area contributed by atoms with Crippen LogP contribution < -0.4 is 5.32 Å². The van der Waals surface area contributed by atoms with Crippen LogP contribution in [0.1, 0.15) is 57.6 Å². The molecule has 2 aliphatic rings. The Kier molecular flexibility index (Phi) is 4.37. The predicted molar refractivity (Wildman–Crippen MR) is 89.5 cm³/mol. The van der Waals surface area contributed by atoms with E-state index < -0.39 is 0 Å². The summed E-state index contributed by atoms with van der Waals surface area (Å²) in [5, 5.41) is 3.82. The van der Waals surface area contributed by atoms with Gasteiger partial charge >= 0.3 is 0 Å². The molecule has 3 rings (SSSR count). The van der Waals surface area contributed by atoms with Crippen molar-refractivity contribution >= 4 is 0 Å². The average molecular weight is 286 g/mol. The van der Waals surface area contributed by atoms with Crippen LogP contribution in [0.2, 0.25) is 0 Å². The summed E-state index contributed by atoms with van der Waals surface area (Å²) in [5.74, 6) is 0. The minimum atomic E-state index is 0.237. The zero-order chi connectivity index (χ0) is 14.9. The van der Waals surface area contributed by atoms with Crippen LogP contribution in [0.4, 0.5) is 0 Å². The summed E-state index contributed by atoms with van der Waals surface area (Å²) >= 11 is 0. The normalized spacial score (nSPS) is 27.4. The van der Waals surface area contributed by atoms with Crippen molar-refractivity contribution < 1.29 is 0 Å². The third kappa shape index (κ3) is 3.87. The van der Waals surface area contributed by atoms with E-state index in [-0.39, 0.29) is 5.54 Å². The number of fused-ring (bicyclic) bond motifs is 1. The number of nitrogens with zero attached hydrogens (tertiary/aromatic N) is 1. The van der Waals surface area contributed by atoms with Gasteiger partial charge in [-0.2, -0.15) is 0 Å². The first-order valence-electron chi connectivity index (χ1n) is 8.60. The Labute approximate surface area is 129 Å². The maximum absolute atomic E-state index is 3.82. The molecule has 1 fully saturated rings. The van der Waals surface area contributed by atoms with E-state index >= 15 is 0 Å². The van der Waals surface area contributed by atoms with E-state index in [0.29, 0.717) is 6.04 Å². The quantitative estimate of drug-likeness (QED) is 0.891. The number of hydrogen-bond donors (Lipinski definition) is 1. The lowest BCUT2D eigenvalue weighted by molar-refractivity contribution is 0.119. The van der Waals surface area contributed by atoms with Gasteiger partial charge in [-0.25, -0.2) is 0 Å². The standard InChI is InChI=1S/C19H30N2/c1-19(2,3)20-17-9-6-10-18(13-17)21-12-11-15-7-4-5-8-16(15)14-21/h4-5,7-8,17-18,20H,6,9-14H2,1-3H3/t17-,18-/m1/s1. The molecule has 116 valence electrons. The Morgan fingerprint density at radius 2 is 1.86 bits per heavy atom. The minimum absolute atomic E-state index is 0.237. The number of nitrogens with one attached hydrogen (secondary N) is 1. The summed E-state index contributed by atoms with van der Waals surface area (Å²) in [4.78, 5) is 2.73. The van der Waals surface area contributed by atoms with Gasteiger partial charge in [0.2, 0.25) is 0 Å². The monoisotopic (exact) mass is 286 g/mol. The Morgan fingerprint density at radius 1 is 1.10 bits per heavy atom. The molecule has 1 saturated carbocycles. The van der Waals surface area contributed by atoms with Crippen molar-refractivity contribution in [1.29, 1.82) is 0 Å². The maximum Gasteiger partial charge on any atom is 0.0239 e. The minimum Gasteiger partial charge on any atom is -0.309 e. The van der Waals surface area contributed by atoms with Crippen LogP contribution in [0, 0.1) is 0 Å². The summed E-state index contributed by atoms with van der Waals surface area (Å²) in [6.45, 7) is 9.25. The average Bonchev–Trinajstić information content (AvgIpc) is 2.45. The van der Waals surface area contributed by atoms with Crippen LogP contribution in [0.3, 0.4) is 0 Å². The van der Waals surface area contributed by atoms with E-state index in [1.54, 1.807) is 11.1 Å². The van der Waals surface area contributed by atoms with Crippen molar-refractivity contribution in [2.24, 2.45) is 0 Å². The third-order valence-electron chi connectivity index (χ3n) is 4.96. The summed E-state index contributed by atoms with van der Waals surface area (Å²) < 4.78 is 0. The van der Waals surface area contributed by atoms with Crippen molar-refractivity contribution in [2.45, 2.75) is 77.0 Å². The topological polar surface area (TPSA) is 15.3 Å². The molecule has 0 spiro atoms. The Hall–Kier alpha value is -0.860. The molecule has 1 N–H and O–H groups in total. The largest absolute Gasteiger partial charge is 0.309 e. The molecule has 0 radical (unpaired) electrons. The molecule has 0 saturated heterocycles. The summed E-state index contributed by atoms with van der Waals surface area (Å²) in [5.41, 5.74) is 3.35. The highest BCUT2D eigenvalue weighted by Crippen LogP contribution is 2.28. The smallest absolute Gasteiger partial charge is 0.0239 e. The lowest BCUT2D eigenvalue weighted by Crippen LogP contribution is -2.50.